The number of rotatable bonds is 7. The van der Waals surface area contributed by atoms with Gasteiger partial charge < -0.3 is 20.5 Å². The van der Waals surface area contributed by atoms with Gasteiger partial charge in [0.05, 0.1) is 5.56 Å². The normalized spacial score (nSPS) is 13.2. The van der Waals surface area contributed by atoms with Crippen molar-refractivity contribution in [3.8, 4) is 5.75 Å². The van der Waals surface area contributed by atoms with Crippen LogP contribution < -0.4 is 20.3 Å². The van der Waals surface area contributed by atoms with Gasteiger partial charge in [0, 0.05) is 25.3 Å². The Balaban J connectivity index is 1.67. The van der Waals surface area contributed by atoms with Crippen LogP contribution in [0.3, 0.4) is 0 Å². The van der Waals surface area contributed by atoms with E-state index in [9.17, 15) is 18.8 Å². The van der Waals surface area contributed by atoms with Crippen LogP contribution in [0.2, 0.25) is 0 Å². The number of carboxylic acids is 1. The molecule has 1 fully saturated rings. The van der Waals surface area contributed by atoms with Gasteiger partial charge in [0.2, 0.25) is 0 Å². The third-order valence-corrected chi connectivity index (χ3v) is 4.08. The molecule has 0 atom stereocenters. The van der Waals surface area contributed by atoms with Crippen molar-refractivity contribution in [2.75, 3.05) is 24.6 Å². The molecule has 0 bridgehead atoms. The zero-order valence-corrected chi connectivity index (χ0v) is 14.8. The first-order valence-electron chi connectivity index (χ1n) is 8.50. The number of anilines is 1. The summed E-state index contributed by atoms with van der Waals surface area (Å²) in [6.07, 6.45) is 0. The highest BCUT2D eigenvalue weighted by atomic mass is 19.1. The number of hydrogen-bond donors (Lipinski definition) is 3. The summed E-state index contributed by atoms with van der Waals surface area (Å²) >= 11 is 0. The molecule has 0 radical (unpaired) electrons. The highest BCUT2D eigenvalue weighted by molar-refractivity contribution is 5.98. The monoisotopic (exact) mass is 387 g/mol. The van der Waals surface area contributed by atoms with Crippen molar-refractivity contribution >= 4 is 23.6 Å². The van der Waals surface area contributed by atoms with E-state index in [1.54, 1.807) is 24.3 Å². The lowest BCUT2D eigenvalue weighted by atomic mass is 10.1. The van der Waals surface area contributed by atoms with E-state index in [0.29, 0.717) is 30.1 Å². The molecule has 3 amide bonds. The number of carbonyl (C=O) groups is 3. The minimum absolute atomic E-state index is 0.0942. The van der Waals surface area contributed by atoms with Crippen LogP contribution in [0.15, 0.2) is 42.5 Å². The lowest BCUT2D eigenvalue weighted by molar-refractivity contribution is -0.139. The minimum atomic E-state index is -1.10. The summed E-state index contributed by atoms with van der Waals surface area (Å²) in [7, 11) is 0. The van der Waals surface area contributed by atoms with Crippen LogP contribution >= 0.6 is 0 Å². The van der Waals surface area contributed by atoms with Crippen molar-refractivity contribution in [1.82, 2.24) is 10.6 Å². The largest absolute Gasteiger partial charge is 0.482 e. The predicted octanol–water partition coefficient (Wildman–Crippen LogP) is 1.75. The Morgan fingerprint density at radius 3 is 2.79 bits per heavy atom. The van der Waals surface area contributed by atoms with Gasteiger partial charge in [-0.3, -0.25) is 9.69 Å². The summed E-state index contributed by atoms with van der Waals surface area (Å²) < 4.78 is 19.2. The average molecular weight is 387 g/mol. The topological polar surface area (TPSA) is 108 Å². The average Bonchev–Trinajstić information content (AvgIpc) is 3.11. The molecule has 3 N–H and O–H groups in total. The van der Waals surface area contributed by atoms with Crippen molar-refractivity contribution < 1.29 is 28.6 Å². The van der Waals surface area contributed by atoms with Gasteiger partial charge in [0.15, 0.2) is 6.61 Å². The fourth-order valence-corrected chi connectivity index (χ4v) is 2.74. The van der Waals surface area contributed by atoms with Crippen LogP contribution in [-0.2, 0) is 11.3 Å². The molecular weight excluding hydrogens is 369 g/mol. The molecule has 0 aromatic heterocycles. The number of hydrogen-bond acceptors (Lipinski definition) is 4. The molecule has 1 aliphatic rings. The van der Waals surface area contributed by atoms with Gasteiger partial charge in [-0.2, -0.15) is 0 Å². The van der Waals surface area contributed by atoms with Gasteiger partial charge in [-0.15, -0.1) is 0 Å². The lowest BCUT2D eigenvalue weighted by Crippen LogP contribution is -2.29. The summed E-state index contributed by atoms with van der Waals surface area (Å²) in [6, 6.07) is 10.2. The second-order valence-corrected chi connectivity index (χ2v) is 6.06. The van der Waals surface area contributed by atoms with Crippen molar-refractivity contribution in [3.63, 3.8) is 0 Å². The SMILES string of the molecule is O=C(O)COc1cccc(CNC(=O)c2cc(N3CCNC3=O)ccc2F)c1. The van der Waals surface area contributed by atoms with Crippen LogP contribution in [0, 0.1) is 5.82 Å². The Labute approximate surface area is 159 Å². The number of carbonyl (C=O) groups excluding carboxylic acids is 2. The summed E-state index contributed by atoms with van der Waals surface area (Å²) in [6.45, 7) is 0.543. The molecular formula is C19H18FN3O5. The molecule has 28 heavy (non-hydrogen) atoms. The maximum absolute atomic E-state index is 14.1. The Hall–Kier alpha value is -3.62. The first-order valence-corrected chi connectivity index (χ1v) is 8.50. The predicted molar refractivity (Wildman–Crippen MR) is 97.9 cm³/mol. The smallest absolute Gasteiger partial charge is 0.341 e. The number of nitrogens with zero attached hydrogens (tertiary/aromatic N) is 1. The van der Waals surface area contributed by atoms with Gasteiger partial charge in [-0.1, -0.05) is 12.1 Å². The summed E-state index contributed by atoms with van der Waals surface area (Å²) in [4.78, 5) is 36.1. The van der Waals surface area contributed by atoms with Crippen LogP contribution in [0.1, 0.15) is 15.9 Å². The van der Waals surface area contributed by atoms with Crippen LogP contribution in [0.5, 0.6) is 5.75 Å². The second kappa shape index (κ2) is 8.38. The Morgan fingerprint density at radius 1 is 1.25 bits per heavy atom. The molecule has 0 saturated carbocycles. The van der Waals surface area contributed by atoms with E-state index < -0.39 is 24.3 Å². The van der Waals surface area contributed by atoms with E-state index in [1.165, 1.54) is 17.0 Å². The fraction of sp³-hybridized carbons (Fsp3) is 0.211. The number of halogens is 1. The van der Waals surface area contributed by atoms with Crippen molar-refractivity contribution in [3.05, 3.63) is 59.4 Å². The molecule has 1 heterocycles. The van der Waals surface area contributed by atoms with Gasteiger partial charge >= 0.3 is 12.0 Å². The van der Waals surface area contributed by atoms with Gasteiger partial charge in [0.25, 0.3) is 5.91 Å². The summed E-state index contributed by atoms with van der Waals surface area (Å²) in [5, 5.41) is 13.9. The number of amides is 3. The molecule has 146 valence electrons. The third-order valence-electron chi connectivity index (χ3n) is 4.08. The van der Waals surface area contributed by atoms with Gasteiger partial charge in [-0.25, -0.2) is 14.0 Å². The first-order chi connectivity index (χ1) is 13.4. The maximum Gasteiger partial charge on any atom is 0.341 e. The minimum Gasteiger partial charge on any atom is -0.482 e. The van der Waals surface area contributed by atoms with Gasteiger partial charge in [-0.05, 0) is 35.9 Å². The maximum atomic E-state index is 14.1. The Bertz CT molecular complexity index is 918. The first kappa shape index (κ1) is 19.2. The molecule has 1 saturated heterocycles. The van der Waals surface area contributed by atoms with Crippen LogP contribution in [0.25, 0.3) is 0 Å². The zero-order chi connectivity index (χ0) is 20.1. The quantitative estimate of drug-likeness (QED) is 0.671. The van der Waals surface area contributed by atoms with Crippen molar-refractivity contribution in [1.29, 1.82) is 0 Å². The molecule has 0 unspecified atom stereocenters. The van der Waals surface area contributed by atoms with E-state index in [4.69, 9.17) is 9.84 Å². The number of benzene rings is 2. The van der Waals surface area contributed by atoms with Crippen molar-refractivity contribution in [2.24, 2.45) is 0 Å². The standard InChI is InChI=1S/C19H18FN3O5/c20-16-5-4-13(23-7-6-21-19(23)27)9-15(16)18(26)22-10-12-2-1-3-14(8-12)28-11-17(24)25/h1-5,8-9H,6-7,10-11H2,(H,21,27)(H,22,26)(H,24,25). The van der Waals surface area contributed by atoms with Crippen molar-refractivity contribution in [2.45, 2.75) is 6.54 Å². The van der Waals surface area contributed by atoms with E-state index in [1.807, 2.05) is 0 Å². The van der Waals surface area contributed by atoms with Gasteiger partial charge in [0.1, 0.15) is 11.6 Å². The van der Waals surface area contributed by atoms with Crippen LogP contribution in [0.4, 0.5) is 14.9 Å². The summed E-state index contributed by atoms with van der Waals surface area (Å²) in [5.74, 6) is -2.07. The molecule has 1 aliphatic heterocycles. The highest BCUT2D eigenvalue weighted by Gasteiger charge is 2.23. The molecule has 0 aliphatic carbocycles. The molecule has 2 aromatic carbocycles. The number of nitrogens with one attached hydrogen (secondary N) is 2. The molecule has 3 rings (SSSR count). The Morgan fingerprint density at radius 2 is 2.07 bits per heavy atom. The second-order valence-electron chi connectivity index (χ2n) is 6.06. The molecule has 0 spiro atoms. The lowest BCUT2D eigenvalue weighted by Gasteiger charge is -2.15. The van der Waals surface area contributed by atoms with E-state index in [0.717, 1.165) is 6.07 Å². The summed E-state index contributed by atoms with van der Waals surface area (Å²) in [5.41, 5.74) is 0.924. The molecule has 9 heteroatoms. The van der Waals surface area contributed by atoms with E-state index in [-0.39, 0.29) is 18.1 Å². The molecule has 2 aromatic rings. The van der Waals surface area contributed by atoms with E-state index in [2.05, 4.69) is 10.6 Å². The number of urea groups is 1. The number of carboxylic acid groups (broad SMARTS) is 1. The number of ether oxygens (including phenoxy) is 1. The number of aliphatic carboxylic acids is 1. The van der Waals surface area contributed by atoms with Crippen LogP contribution in [-0.4, -0.2) is 42.7 Å². The highest BCUT2D eigenvalue weighted by Crippen LogP contribution is 2.21. The van der Waals surface area contributed by atoms with E-state index >= 15 is 0 Å². The fourth-order valence-electron chi connectivity index (χ4n) is 2.74. The Kier molecular flexibility index (Phi) is 5.73. The molecule has 8 nitrogen and oxygen atoms in total. The third kappa shape index (κ3) is 4.56. The zero-order valence-electron chi connectivity index (χ0n) is 14.8.